The fourth-order valence-corrected chi connectivity index (χ4v) is 5.51. The number of phenolic OH excluding ortho intramolecular Hbond substituents is 1. The average molecular weight is 557 g/mol. The van der Waals surface area contributed by atoms with Gasteiger partial charge in [-0.25, -0.2) is 0 Å². The summed E-state index contributed by atoms with van der Waals surface area (Å²) >= 11 is 0. The third-order valence-corrected chi connectivity index (χ3v) is 7.27. The van der Waals surface area contributed by atoms with Crippen molar-refractivity contribution in [3.63, 3.8) is 0 Å². The number of carbonyl (C=O) groups is 3. The number of nitrogens with two attached hydrogens (primary N) is 1. The molecule has 1 aromatic rings. The van der Waals surface area contributed by atoms with Crippen LogP contribution in [0.3, 0.4) is 0 Å². The summed E-state index contributed by atoms with van der Waals surface area (Å²) in [5.74, 6) is -7.84. The molecule has 3 aliphatic carbocycles. The number of fused-ring (bicyclic) bond motifs is 3. The molecule has 0 heterocycles. The quantitative estimate of drug-likeness (QED) is 0.196. The van der Waals surface area contributed by atoms with Crippen LogP contribution in [0.25, 0.3) is 5.76 Å². The number of benzene rings is 1. The maximum atomic E-state index is 13.6. The number of nitrogens with zero attached hydrogens (tertiary/aromatic N) is 1. The summed E-state index contributed by atoms with van der Waals surface area (Å²) in [4.78, 5) is 50.5. The second-order valence-corrected chi connectivity index (χ2v) is 8.95. The SMILES string of the molecule is [CH2-]CN([C-]=O)Cc1ccc(O)c2c1CC1CC3[C@H](C)C(=O)C(C(N)=O)=C(O)[C@@]3(O)C(=O)C1=C2O.[Y]. The summed E-state index contributed by atoms with van der Waals surface area (Å²) in [7, 11) is 0. The van der Waals surface area contributed by atoms with Gasteiger partial charge in [-0.3, -0.25) is 14.4 Å². The minimum Gasteiger partial charge on any atom is -0.538 e. The number of rotatable bonds is 5. The molecule has 0 spiro atoms. The summed E-state index contributed by atoms with van der Waals surface area (Å²) in [6.07, 6.45) is 1.94. The minimum absolute atomic E-state index is 0. The van der Waals surface area contributed by atoms with Crippen LogP contribution in [0.2, 0.25) is 0 Å². The number of aromatic hydroxyl groups is 1. The number of hydrogen-bond acceptors (Lipinski definition) is 8. The van der Waals surface area contributed by atoms with Gasteiger partial charge in [-0.15, -0.1) is 6.54 Å². The van der Waals surface area contributed by atoms with Crippen LogP contribution < -0.4 is 5.73 Å². The Labute approximate surface area is 226 Å². The van der Waals surface area contributed by atoms with Crippen molar-refractivity contribution in [2.45, 2.75) is 31.9 Å². The van der Waals surface area contributed by atoms with Gasteiger partial charge in [0.1, 0.15) is 22.8 Å². The van der Waals surface area contributed by atoms with E-state index < -0.39 is 57.9 Å². The first-order valence-corrected chi connectivity index (χ1v) is 10.7. The van der Waals surface area contributed by atoms with E-state index in [4.69, 9.17) is 5.73 Å². The first-order chi connectivity index (χ1) is 16.0. The number of amides is 2. The van der Waals surface area contributed by atoms with Crippen molar-refractivity contribution in [2.75, 3.05) is 6.54 Å². The van der Waals surface area contributed by atoms with Gasteiger partial charge in [0, 0.05) is 56.7 Å². The summed E-state index contributed by atoms with van der Waals surface area (Å²) in [5, 5.41) is 43.6. The topological polar surface area (TPSA) is 178 Å². The Kier molecular flexibility index (Phi) is 7.32. The van der Waals surface area contributed by atoms with Crippen LogP contribution in [-0.2, 0) is 64.9 Å². The Morgan fingerprint density at radius 2 is 1.94 bits per heavy atom. The standard InChI is InChI=1S/C24H24N2O8.Y/c1-3-26(9-27)8-11-4-5-15(28)17-13(11)6-12-7-14-10(2)19(29)18(23(25)33)22(32)24(14,34)21(31)16(12)20(17)30;/h4-5,10,12,14,28,30,32,34H,1,3,6-8H2,2H3,(H2,25,33);/q-2;/t10-,12?,14?,24-;/m0./s1. The third-order valence-electron chi connectivity index (χ3n) is 7.27. The first-order valence-electron chi connectivity index (χ1n) is 10.7. The predicted molar refractivity (Wildman–Crippen MR) is 117 cm³/mol. The summed E-state index contributed by atoms with van der Waals surface area (Å²) in [6, 6.07) is 2.90. The fraction of sp³-hybridized carbons (Fsp3) is 0.375. The van der Waals surface area contributed by atoms with Crippen LogP contribution in [0.4, 0.5) is 0 Å². The van der Waals surface area contributed by atoms with E-state index in [9.17, 15) is 39.6 Å². The predicted octanol–water partition coefficient (Wildman–Crippen LogP) is 0.371. The van der Waals surface area contributed by atoms with Crippen molar-refractivity contribution in [3.8, 4) is 5.75 Å². The Hall–Kier alpha value is -2.56. The molecule has 1 fully saturated rings. The largest absolute Gasteiger partial charge is 0.538 e. The van der Waals surface area contributed by atoms with Gasteiger partial charge in [0.2, 0.25) is 5.78 Å². The normalized spacial score (nSPS) is 27.5. The number of carbonyl (C=O) groups excluding carboxylic acids is 4. The summed E-state index contributed by atoms with van der Waals surface area (Å²) < 4.78 is 0. The smallest absolute Gasteiger partial charge is 0.255 e. The van der Waals surface area contributed by atoms with Crippen molar-refractivity contribution >= 4 is 29.6 Å². The zero-order valence-corrected chi connectivity index (χ0v) is 21.8. The molecule has 10 nitrogen and oxygen atoms in total. The van der Waals surface area contributed by atoms with E-state index in [1.165, 1.54) is 17.9 Å². The molecule has 4 rings (SSSR count). The van der Waals surface area contributed by atoms with Crippen LogP contribution in [0.5, 0.6) is 5.75 Å². The average Bonchev–Trinajstić information content (AvgIpc) is 2.79. The second kappa shape index (κ2) is 9.48. The van der Waals surface area contributed by atoms with Crippen molar-refractivity contribution in [1.29, 1.82) is 0 Å². The Bertz CT molecular complexity index is 1210. The van der Waals surface area contributed by atoms with Crippen LogP contribution >= 0.6 is 0 Å². The molecule has 2 unspecified atom stereocenters. The third kappa shape index (κ3) is 3.82. The summed E-state index contributed by atoms with van der Waals surface area (Å²) in [6.45, 7) is 5.34. The van der Waals surface area contributed by atoms with Crippen molar-refractivity contribution in [3.05, 3.63) is 52.7 Å². The van der Waals surface area contributed by atoms with Gasteiger partial charge in [-0.2, -0.15) is 6.41 Å². The van der Waals surface area contributed by atoms with Gasteiger partial charge in [0.25, 0.3) is 5.91 Å². The Morgan fingerprint density at radius 1 is 1.29 bits per heavy atom. The number of aliphatic hydroxyl groups is 3. The van der Waals surface area contributed by atoms with Crippen LogP contribution in [0, 0.1) is 24.7 Å². The van der Waals surface area contributed by atoms with Crippen LogP contribution in [0.1, 0.15) is 30.0 Å². The molecular weight excluding hydrogens is 533 g/mol. The molecular formula is C24H24N2O8Y-2. The van der Waals surface area contributed by atoms with E-state index in [0.717, 1.165) is 0 Å². The number of aliphatic hydroxyl groups excluding tert-OH is 2. The molecule has 1 saturated carbocycles. The molecule has 11 heteroatoms. The fourth-order valence-electron chi connectivity index (χ4n) is 5.51. The van der Waals surface area contributed by atoms with Crippen molar-refractivity contribution < 1.29 is 72.3 Å². The molecule has 183 valence electrons. The van der Waals surface area contributed by atoms with Crippen molar-refractivity contribution in [1.82, 2.24) is 4.90 Å². The van der Waals surface area contributed by atoms with Gasteiger partial charge in [0.15, 0.2) is 11.4 Å². The number of hydrogen-bond donors (Lipinski definition) is 5. The monoisotopic (exact) mass is 557 g/mol. The molecule has 3 aliphatic rings. The second-order valence-electron chi connectivity index (χ2n) is 8.95. The van der Waals surface area contributed by atoms with Crippen molar-refractivity contribution in [2.24, 2.45) is 23.5 Å². The molecule has 1 aromatic carbocycles. The number of Topliss-reactive ketones (excluding diaryl/α,β-unsaturated/α-hetero) is 2. The summed E-state index contributed by atoms with van der Waals surface area (Å²) in [5.41, 5.74) is 2.64. The van der Waals surface area contributed by atoms with E-state index in [-0.39, 0.29) is 75.5 Å². The Balaban J connectivity index is 0.00000342. The zero-order chi connectivity index (χ0) is 25.1. The number of ketones is 2. The zero-order valence-electron chi connectivity index (χ0n) is 18.9. The van der Waals surface area contributed by atoms with Gasteiger partial charge in [-0.1, -0.05) is 13.0 Å². The molecule has 0 aliphatic heterocycles. The Morgan fingerprint density at radius 3 is 2.51 bits per heavy atom. The van der Waals surface area contributed by atoms with E-state index in [0.29, 0.717) is 11.1 Å². The molecule has 1 radical (unpaired) electrons. The molecule has 0 saturated heterocycles. The van der Waals surface area contributed by atoms with E-state index >= 15 is 0 Å². The molecule has 2 amide bonds. The maximum absolute atomic E-state index is 13.6. The van der Waals surface area contributed by atoms with Crippen LogP contribution in [0.15, 0.2) is 29.0 Å². The van der Waals surface area contributed by atoms with Gasteiger partial charge >= 0.3 is 0 Å². The van der Waals surface area contributed by atoms with Gasteiger partial charge in [-0.05, 0) is 36.0 Å². The number of phenols is 1. The van der Waals surface area contributed by atoms with E-state index in [1.807, 2.05) is 0 Å². The minimum atomic E-state index is -2.63. The van der Waals surface area contributed by atoms with Gasteiger partial charge < -0.3 is 42.8 Å². The molecule has 0 aromatic heterocycles. The van der Waals surface area contributed by atoms with E-state index in [2.05, 4.69) is 6.92 Å². The first kappa shape index (κ1) is 27.0. The van der Waals surface area contributed by atoms with E-state index in [1.54, 1.807) is 12.5 Å². The molecule has 6 N–H and O–H groups in total. The maximum Gasteiger partial charge on any atom is 0.255 e. The molecule has 35 heavy (non-hydrogen) atoms. The van der Waals surface area contributed by atoms with Gasteiger partial charge in [0.05, 0.1) is 5.56 Å². The molecule has 4 atom stereocenters. The number of primary amides is 1. The van der Waals surface area contributed by atoms with Crippen LogP contribution in [-0.4, -0.2) is 61.4 Å². The molecule has 0 bridgehead atoms.